The van der Waals surface area contributed by atoms with Crippen LogP contribution in [0.4, 0.5) is 4.39 Å². The Labute approximate surface area is 119 Å². The Morgan fingerprint density at radius 1 is 1.37 bits per heavy atom. The highest BCUT2D eigenvalue weighted by Crippen LogP contribution is 2.30. The maximum absolute atomic E-state index is 14.0. The fourth-order valence-corrected chi connectivity index (χ4v) is 2.35. The lowest BCUT2D eigenvalue weighted by molar-refractivity contribution is 0.400. The molecule has 1 aromatic carbocycles. The van der Waals surface area contributed by atoms with Gasteiger partial charge in [0.15, 0.2) is 0 Å². The predicted octanol–water partition coefficient (Wildman–Crippen LogP) is 3.30. The molecule has 1 atom stereocenters. The lowest BCUT2D eigenvalue weighted by Crippen LogP contribution is -2.21. The number of hydrogen-bond acceptors (Lipinski definition) is 3. The Morgan fingerprint density at radius 2 is 2.16 bits per heavy atom. The number of nitrogens with zero attached hydrogens (tertiary/aromatic N) is 1. The van der Waals surface area contributed by atoms with Crippen LogP contribution in [0.15, 0.2) is 41.0 Å². The van der Waals surface area contributed by atoms with E-state index >= 15 is 0 Å². The number of ether oxygens (including phenoxy) is 1. The normalized spacial score (nSPS) is 12.2. The minimum Gasteiger partial charge on any atom is -0.495 e. The lowest BCUT2D eigenvalue weighted by Gasteiger charge is -2.19. The van der Waals surface area contributed by atoms with Gasteiger partial charge in [0.2, 0.25) is 0 Å². The molecule has 1 aromatic heterocycles. The standard InChI is InChI=1S/C14H14BrFN2O/c1-17-13(10-8-9(15)5-6-11(10)16)14-12(19-2)4-3-7-18-14/h3-8,13,17H,1-2H3. The molecule has 1 heterocycles. The van der Waals surface area contributed by atoms with Gasteiger partial charge in [0, 0.05) is 16.2 Å². The maximum atomic E-state index is 14.0. The quantitative estimate of drug-likeness (QED) is 0.937. The molecule has 5 heteroatoms. The van der Waals surface area contributed by atoms with Gasteiger partial charge in [-0.25, -0.2) is 4.39 Å². The second-order valence-electron chi connectivity index (χ2n) is 3.98. The molecule has 100 valence electrons. The molecule has 0 aliphatic heterocycles. The topological polar surface area (TPSA) is 34.2 Å². The number of pyridine rings is 1. The molecule has 0 spiro atoms. The molecule has 0 aliphatic rings. The van der Waals surface area contributed by atoms with Crippen molar-refractivity contribution in [3.63, 3.8) is 0 Å². The molecular weight excluding hydrogens is 311 g/mol. The van der Waals surface area contributed by atoms with Crippen molar-refractivity contribution in [2.45, 2.75) is 6.04 Å². The molecule has 2 rings (SSSR count). The minimum absolute atomic E-state index is 0.282. The van der Waals surface area contributed by atoms with Crippen LogP contribution in [0.2, 0.25) is 0 Å². The van der Waals surface area contributed by atoms with Crippen molar-refractivity contribution >= 4 is 15.9 Å². The third kappa shape index (κ3) is 2.93. The molecule has 0 bridgehead atoms. The van der Waals surface area contributed by atoms with Gasteiger partial charge in [-0.3, -0.25) is 4.98 Å². The largest absolute Gasteiger partial charge is 0.495 e. The van der Waals surface area contributed by atoms with Crippen LogP contribution < -0.4 is 10.1 Å². The number of hydrogen-bond donors (Lipinski definition) is 1. The van der Waals surface area contributed by atoms with Crippen molar-refractivity contribution in [2.75, 3.05) is 14.2 Å². The highest BCUT2D eigenvalue weighted by atomic mass is 79.9. The molecule has 0 aliphatic carbocycles. The van der Waals surface area contributed by atoms with Crippen LogP contribution in [0, 0.1) is 5.82 Å². The van der Waals surface area contributed by atoms with Gasteiger partial charge in [-0.1, -0.05) is 15.9 Å². The third-order valence-corrected chi connectivity index (χ3v) is 3.34. The average molecular weight is 325 g/mol. The Balaban J connectivity index is 2.53. The highest BCUT2D eigenvalue weighted by Gasteiger charge is 2.21. The summed E-state index contributed by atoms with van der Waals surface area (Å²) in [5.74, 6) is 0.344. The van der Waals surface area contributed by atoms with Crippen molar-refractivity contribution in [3.05, 3.63) is 58.1 Å². The van der Waals surface area contributed by atoms with Crippen LogP contribution in [0.1, 0.15) is 17.3 Å². The highest BCUT2D eigenvalue weighted by molar-refractivity contribution is 9.10. The summed E-state index contributed by atoms with van der Waals surface area (Å²) in [4.78, 5) is 4.30. The second-order valence-corrected chi connectivity index (χ2v) is 4.89. The van der Waals surface area contributed by atoms with E-state index < -0.39 is 0 Å². The average Bonchev–Trinajstić information content (AvgIpc) is 2.44. The van der Waals surface area contributed by atoms with Crippen molar-refractivity contribution in [1.29, 1.82) is 0 Å². The Kier molecular flexibility index (Phi) is 4.50. The molecule has 0 saturated carbocycles. The molecule has 2 aromatic rings. The summed E-state index contributed by atoms with van der Waals surface area (Å²) in [7, 11) is 3.34. The summed E-state index contributed by atoms with van der Waals surface area (Å²) >= 11 is 3.36. The predicted molar refractivity (Wildman–Crippen MR) is 75.8 cm³/mol. The minimum atomic E-state index is -0.367. The Hall–Kier alpha value is -1.46. The van der Waals surface area contributed by atoms with Gasteiger partial charge in [-0.2, -0.15) is 0 Å². The van der Waals surface area contributed by atoms with Crippen LogP contribution in [-0.2, 0) is 0 Å². The summed E-state index contributed by atoms with van der Waals surface area (Å²) < 4.78 is 20.1. The van der Waals surface area contributed by atoms with Crippen molar-refractivity contribution in [3.8, 4) is 5.75 Å². The fraction of sp³-hybridized carbons (Fsp3) is 0.214. The second kappa shape index (κ2) is 6.12. The van der Waals surface area contributed by atoms with Crippen LogP contribution in [0.3, 0.4) is 0 Å². The first kappa shape index (κ1) is 14.0. The van der Waals surface area contributed by atoms with E-state index in [9.17, 15) is 4.39 Å². The van der Waals surface area contributed by atoms with E-state index in [-0.39, 0.29) is 11.9 Å². The van der Waals surface area contributed by atoms with E-state index in [0.717, 1.165) is 4.47 Å². The SMILES string of the molecule is CNC(c1cc(Br)ccc1F)c1ncccc1OC. The van der Waals surface area contributed by atoms with E-state index in [2.05, 4.69) is 26.2 Å². The molecular formula is C14H14BrFN2O. The number of rotatable bonds is 4. The Morgan fingerprint density at radius 3 is 2.84 bits per heavy atom. The van der Waals surface area contributed by atoms with E-state index in [4.69, 9.17) is 4.74 Å². The smallest absolute Gasteiger partial charge is 0.142 e. The zero-order chi connectivity index (χ0) is 13.8. The van der Waals surface area contributed by atoms with Gasteiger partial charge < -0.3 is 10.1 Å². The fourth-order valence-electron chi connectivity index (χ4n) is 1.97. The van der Waals surface area contributed by atoms with Crippen molar-refractivity contribution in [1.82, 2.24) is 10.3 Å². The number of benzene rings is 1. The summed E-state index contributed by atoms with van der Waals surface area (Å²) in [6.45, 7) is 0. The molecule has 1 N–H and O–H groups in total. The maximum Gasteiger partial charge on any atom is 0.142 e. The molecule has 3 nitrogen and oxygen atoms in total. The van der Waals surface area contributed by atoms with Gasteiger partial charge in [-0.15, -0.1) is 0 Å². The summed E-state index contributed by atoms with van der Waals surface area (Å²) in [6, 6.07) is 8.06. The van der Waals surface area contributed by atoms with E-state index in [1.807, 2.05) is 6.07 Å². The molecule has 19 heavy (non-hydrogen) atoms. The van der Waals surface area contributed by atoms with E-state index in [1.54, 1.807) is 38.6 Å². The monoisotopic (exact) mass is 324 g/mol. The third-order valence-electron chi connectivity index (χ3n) is 2.85. The van der Waals surface area contributed by atoms with Crippen LogP contribution >= 0.6 is 15.9 Å². The van der Waals surface area contributed by atoms with Gasteiger partial charge in [-0.05, 0) is 37.4 Å². The first-order valence-electron chi connectivity index (χ1n) is 5.78. The number of halogens is 2. The van der Waals surface area contributed by atoms with Gasteiger partial charge in [0.1, 0.15) is 17.3 Å². The first-order chi connectivity index (χ1) is 9.17. The van der Waals surface area contributed by atoms with Crippen LogP contribution in [0.25, 0.3) is 0 Å². The zero-order valence-electron chi connectivity index (χ0n) is 10.7. The molecule has 0 radical (unpaired) electrons. The lowest BCUT2D eigenvalue weighted by atomic mass is 10.0. The summed E-state index contributed by atoms with van der Waals surface area (Å²) in [6.07, 6.45) is 1.66. The summed E-state index contributed by atoms with van der Waals surface area (Å²) in [5.41, 5.74) is 1.18. The number of nitrogens with one attached hydrogen (secondary N) is 1. The Bertz CT molecular complexity index is 577. The van der Waals surface area contributed by atoms with Gasteiger partial charge in [0.05, 0.1) is 13.2 Å². The zero-order valence-corrected chi connectivity index (χ0v) is 12.2. The van der Waals surface area contributed by atoms with E-state index in [1.165, 1.54) is 6.07 Å². The van der Waals surface area contributed by atoms with Crippen molar-refractivity contribution in [2.24, 2.45) is 0 Å². The van der Waals surface area contributed by atoms with Crippen molar-refractivity contribution < 1.29 is 9.13 Å². The van der Waals surface area contributed by atoms with Crippen LogP contribution in [0.5, 0.6) is 5.75 Å². The van der Waals surface area contributed by atoms with Crippen LogP contribution in [-0.4, -0.2) is 19.1 Å². The summed E-state index contributed by atoms with van der Waals surface area (Å²) in [5, 5.41) is 3.07. The molecule has 0 fully saturated rings. The van der Waals surface area contributed by atoms with Gasteiger partial charge in [0.25, 0.3) is 0 Å². The molecule has 0 amide bonds. The molecule has 0 saturated heterocycles. The van der Waals surface area contributed by atoms with E-state index in [0.29, 0.717) is 17.0 Å². The first-order valence-corrected chi connectivity index (χ1v) is 6.57. The van der Waals surface area contributed by atoms with Gasteiger partial charge >= 0.3 is 0 Å². The number of aromatic nitrogens is 1. The molecule has 1 unspecified atom stereocenters. The number of methoxy groups -OCH3 is 1.